The summed E-state index contributed by atoms with van der Waals surface area (Å²) in [4.78, 5) is 24.7. The molecule has 0 saturated carbocycles. The molecule has 1 aliphatic heterocycles. The number of nitrogens with zero attached hydrogens (tertiary/aromatic N) is 1. The lowest BCUT2D eigenvalue weighted by atomic mass is 10.1. The predicted molar refractivity (Wildman–Crippen MR) is 75.9 cm³/mol. The van der Waals surface area contributed by atoms with Crippen molar-refractivity contribution in [3.8, 4) is 12.3 Å². The smallest absolute Gasteiger partial charge is 0.335 e. The Labute approximate surface area is 117 Å². The number of benzene rings is 1. The van der Waals surface area contributed by atoms with E-state index in [-0.39, 0.29) is 17.6 Å². The summed E-state index contributed by atoms with van der Waals surface area (Å²) in [6.45, 7) is 2.44. The molecule has 1 aromatic rings. The normalized spacial score (nSPS) is 14.3. The fourth-order valence-electron chi connectivity index (χ4n) is 2.23. The van der Waals surface area contributed by atoms with Gasteiger partial charge in [0.25, 0.3) is 0 Å². The Morgan fingerprint density at radius 1 is 1.55 bits per heavy atom. The van der Waals surface area contributed by atoms with Gasteiger partial charge in [0.15, 0.2) is 0 Å². The van der Waals surface area contributed by atoms with Gasteiger partial charge in [-0.2, -0.15) is 0 Å². The van der Waals surface area contributed by atoms with Gasteiger partial charge in [0.1, 0.15) is 0 Å². The van der Waals surface area contributed by atoms with E-state index in [4.69, 9.17) is 11.5 Å². The van der Waals surface area contributed by atoms with Crippen LogP contribution in [0.1, 0.15) is 29.3 Å². The highest BCUT2D eigenvalue weighted by Crippen LogP contribution is 2.28. The summed E-state index contributed by atoms with van der Waals surface area (Å²) >= 11 is 0. The lowest BCUT2D eigenvalue weighted by Crippen LogP contribution is -2.43. The molecule has 2 amide bonds. The number of carbonyl (C=O) groups excluding carboxylic acids is 1. The molecule has 0 aliphatic carbocycles. The number of carboxylic acid groups (broad SMARTS) is 1. The SMILES string of the molecule is C#CC(CC)NC(=O)N1CCc2cc(C(=O)O)ccc21. The van der Waals surface area contributed by atoms with Gasteiger partial charge in [-0.1, -0.05) is 12.8 Å². The van der Waals surface area contributed by atoms with Crippen LogP contribution in [0.4, 0.5) is 10.5 Å². The van der Waals surface area contributed by atoms with Crippen LogP contribution in [-0.2, 0) is 6.42 Å². The average molecular weight is 272 g/mol. The first-order valence-corrected chi connectivity index (χ1v) is 6.47. The standard InChI is InChI=1S/C15H16N2O3/c1-3-12(4-2)16-15(20)17-8-7-10-9-11(14(18)19)5-6-13(10)17/h1,5-6,9,12H,4,7-8H2,2H3,(H,16,20)(H,18,19). The van der Waals surface area contributed by atoms with Crippen LogP contribution in [0.5, 0.6) is 0 Å². The van der Waals surface area contributed by atoms with E-state index in [9.17, 15) is 9.59 Å². The third kappa shape index (κ3) is 2.59. The molecule has 0 spiro atoms. The number of fused-ring (bicyclic) bond motifs is 1. The number of anilines is 1. The van der Waals surface area contributed by atoms with Crippen LogP contribution in [-0.4, -0.2) is 29.7 Å². The number of nitrogens with one attached hydrogen (secondary N) is 1. The largest absolute Gasteiger partial charge is 0.478 e. The van der Waals surface area contributed by atoms with E-state index in [2.05, 4.69) is 11.2 Å². The Bertz CT molecular complexity index is 589. The molecule has 2 rings (SSSR count). The number of hydrogen-bond acceptors (Lipinski definition) is 2. The molecule has 104 valence electrons. The van der Waals surface area contributed by atoms with E-state index in [1.165, 1.54) is 6.07 Å². The Hall–Kier alpha value is -2.48. The molecule has 0 radical (unpaired) electrons. The summed E-state index contributed by atoms with van der Waals surface area (Å²) in [5, 5.41) is 11.7. The van der Waals surface area contributed by atoms with E-state index >= 15 is 0 Å². The second kappa shape index (κ2) is 5.66. The quantitative estimate of drug-likeness (QED) is 0.825. The first kappa shape index (κ1) is 13.9. The van der Waals surface area contributed by atoms with Gasteiger partial charge in [-0.25, -0.2) is 9.59 Å². The fraction of sp³-hybridized carbons (Fsp3) is 0.333. The average Bonchev–Trinajstić information content (AvgIpc) is 2.87. The predicted octanol–water partition coefficient (Wildman–Crippen LogP) is 1.87. The number of urea groups is 1. The summed E-state index contributed by atoms with van der Waals surface area (Å²) in [6, 6.07) is 4.26. The molecule has 5 heteroatoms. The van der Waals surface area contributed by atoms with Crippen molar-refractivity contribution in [2.75, 3.05) is 11.4 Å². The number of terminal acetylenes is 1. The van der Waals surface area contributed by atoms with Crippen molar-refractivity contribution in [1.29, 1.82) is 0 Å². The fourth-order valence-corrected chi connectivity index (χ4v) is 2.23. The van der Waals surface area contributed by atoms with Gasteiger partial charge in [-0.3, -0.25) is 4.90 Å². The third-order valence-corrected chi connectivity index (χ3v) is 3.37. The molecular weight excluding hydrogens is 256 g/mol. The molecular formula is C15H16N2O3. The van der Waals surface area contributed by atoms with Gasteiger partial charge < -0.3 is 10.4 Å². The highest BCUT2D eigenvalue weighted by molar-refractivity contribution is 5.96. The van der Waals surface area contributed by atoms with Gasteiger partial charge >= 0.3 is 12.0 Å². The highest BCUT2D eigenvalue weighted by Gasteiger charge is 2.26. The Morgan fingerprint density at radius 3 is 2.90 bits per heavy atom. The summed E-state index contributed by atoms with van der Waals surface area (Å²) in [5.41, 5.74) is 1.86. The van der Waals surface area contributed by atoms with Crippen LogP contribution >= 0.6 is 0 Å². The van der Waals surface area contributed by atoms with Gasteiger partial charge in [-0.15, -0.1) is 6.42 Å². The monoisotopic (exact) mass is 272 g/mol. The molecule has 0 saturated heterocycles. The minimum Gasteiger partial charge on any atom is -0.478 e. The molecule has 1 atom stereocenters. The second-order valence-electron chi connectivity index (χ2n) is 4.63. The maximum absolute atomic E-state index is 12.2. The molecule has 20 heavy (non-hydrogen) atoms. The maximum atomic E-state index is 12.2. The third-order valence-electron chi connectivity index (χ3n) is 3.37. The van der Waals surface area contributed by atoms with Crippen LogP contribution < -0.4 is 10.2 Å². The van der Waals surface area contributed by atoms with Crippen LogP contribution in [0, 0.1) is 12.3 Å². The first-order valence-electron chi connectivity index (χ1n) is 6.47. The van der Waals surface area contributed by atoms with E-state index in [1.807, 2.05) is 6.92 Å². The minimum absolute atomic E-state index is 0.237. The van der Waals surface area contributed by atoms with Gasteiger partial charge in [0.2, 0.25) is 0 Å². The zero-order chi connectivity index (χ0) is 14.7. The minimum atomic E-state index is -0.964. The van der Waals surface area contributed by atoms with Crippen molar-refractivity contribution in [3.63, 3.8) is 0 Å². The number of carboxylic acids is 1. The second-order valence-corrected chi connectivity index (χ2v) is 4.63. The van der Waals surface area contributed by atoms with E-state index < -0.39 is 5.97 Å². The molecule has 5 nitrogen and oxygen atoms in total. The van der Waals surface area contributed by atoms with Crippen LogP contribution in [0.3, 0.4) is 0 Å². The number of aromatic carboxylic acids is 1. The van der Waals surface area contributed by atoms with Crippen LogP contribution in [0.25, 0.3) is 0 Å². The van der Waals surface area contributed by atoms with Crippen LogP contribution in [0.15, 0.2) is 18.2 Å². The summed E-state index contributed by atoms with van der Waals surface area (Å²) in [5.74, 6) is 1.55. The summed E-state index contributed by atoms with van der Waals surface area (Å²) in [7, 11) is 0. The van der Waals surface area contributed by atoms with Crippen molar-refractivity contribution in [1.82, 2.24) is 5.32 Å². The number of hydrogen-bond donors (Lipinski definition) is 2. The Morgan fingerprint density at radius 2 is 2.30 bits per heavy atom. The molecule has 1 aromatic carbocycles. The topological polar surface area (TPSA) is 69.6 Å². The number of amides is 2. The van der Waals surface area contributed by atoms with Crippen molar-refractivity contribution in [3.05, 3.63) is 29.3 Å². The van der Waals surface area contributed by atoms with Crippen molar-refractivity contribution < 1.29 is 14.7 Å². The molecule has 2 N–H and O–H groups in total. The summed E-state index contributed by atoms with van der Waals surface area (Å²) in [6.07, 6.45) is 6.65. The zero-order valence-electron chi connectivity index (χ0n) is 11.2. The van der Waals surface area contributed by atoms with Crippen LogP contribution in [0.2, 0.25) is 0 Å². The molecule has 1 aliphatic rings. The molecule has 0 aromatic heterocycles. The number of rotatable bonds is 3. The lowest BCUT2D eigenvalue weighted by molar-refractivity contribution is 0.0697. The Kier molecular flexibility index (Phi) is 3.94. The van der Waals surface area contributed by atoms with Crippen molar-refractivity contribution in [2.45, 2.75) is 25.8 Å². The molecule has 0 fully saturated rings. The maximum Gasteiger partial charge on any atom is 0.335 e. The van der Waals surface area contributed by atoms with Gasteiger partial charge in [0, 0.05) is 12.2 Å². The molecule has 1 heterocycles. The van der Waals surface area contributed by atoms with Crippen molar-refractivity contribution >= 4 is 17.7 Å². The highest BCUT2D eigenvalue weighted by atomic mass is 16.4. The first-order chi connectivity index (χ1) is 9.56. The summed E-state index contributed by atoms with van der Waals surface area (Å²) < 4.78 is 0. The Balaban J connectivity index is 2.18. The molecule has 0 bridgehead atoms. The zero-order valence-corrected chi connectivity index (χ0v) is 11.2. The van der Waals surface area contributed by atoms with E-state index in [1.54, 1.807) is 17.0 Å². The van der Waals surface area contributed by atoms with E-state index in [0.29, 0.717) is 19.4 Å². The molecule has 1 unspecified atom stereocenters. The van der Waals surface area contributed by atoms with Gasteiger partial charge in [0.05, 0.1) is 11.6 Å². The number of carbonyl (C=O) groups is 2. The van der Waals surface area contributed by atoms with Crippen molar-refractivity contribution in [2.24, 2.45) is 0 Å². The van der Waals surface area contributed by atoms with Gasteiger partial charge in [-0.05, 0) is 36.6 Å². The van der Waals surface area contributed by atoms with E-state index in [0.717, 1.165) is 11.3 Å². The lowest BCUT2D eigenvalue weighted by Gasteiger charge is -2.20.